The van der Waals surface area contributed by atoms with Gasteiger partial charge in [0.1, 0.15) is 6.29 Å². The van der Waals surface area contributed by atoms with Gasteiger partial charge in [-0.25, -0.2) is 13.4 Å². The molecule has 0 aromatic heterocycles. The van der Waals surface area contributed by atoms with E-state index >= 15 is 0 Å². The number of nitrogens with two attached hydrogens (primary N) is 1. The van der Waals surface area contributed by atoms with Gasteiger partial charge in [0.15, 0.2) is 5.96 Å². The highest BCUT2D eigenvalue weighted by molar-refractivity contribution is 7.89. The number of aldehydes is 1. The van der Waals surface area contributed by atoms with E-state index in [0.29, 0.717) is 62.5 Å². The summed E-state index contributed by atoms with van der Waals surface area (Å²) < 4.78 is 30.2. The smallest absolute Gasteiger partial charge is 0.257 e. The van der Waals surface area contributed by atoms with E-state index in [0.717, 1.165) is 9.80 Å². The first-order valence-corrected chi connectivity index (χ1v) is 14.3. The first kappa shape index (κ1) is 28.0. The number of nitrogens with one attached hydrogen (secondary N) is 2. The van der Waals surface area contributed by atoms with Crippen molar-refractivity contribution in [3.63, 3.8) is 0 Å². The quantitative estimate of drug-likeness (QED) is 0.196. The lowest BCUT2D eigenvalue weighted by atomic mass is 9.83. The van der Waals surface area contributed by atoms with E-state index in [9.17, 15) is 23.1 Å². The van der Waals surface area contributed by atoms with Gasteiger partial charge in [-0.2, -0.15) is 0 Å². The number of aliphatic hydroxyl groups is 1. The van der Waals surface area contributed by atoms with Crippen LogP contribution in [0.15, 0.2) is 35.2 Å². The predicted molar refractivity (Wildman–Crippen MR) is 144 cm³/mol. The number of rotatable bonds is 10. The van der Waals surface area contributed by atoms with Crippen LogP contribution in [0.4, 0.5) is 0 Å². The Morgan fingerprint density at radius 3 is 2.74 bits per heavy atom. The summed E-state index contributed by atoms with van der Waals surface area (Å²) in [5.74, 6) is -0.188. The fraction of sp³-hybridized carbons (Fsp3) is 0.500. The Bertz CT molecular complexity index is 1300. The molecule has 11 nitrogen and oxygen atoms in total. The van der Waals surface area contributed by atoms with Crippen LogP contribution in [0.5, 0.6) is 0 Å². The number of aliphatic hydroxyl groups excluding tert-OH is 1. The molecule has 38 heavy (non-hydrogen) atoms. The maximum atomic E-state index is 14.6. The van der Waals surface area contributed by atoms with Crippen molar-refractivity contribution < 1.29 is 23.1 Å². The second-order valence-electron chi connectivity index (χ2n) is 10.1. The molecule has 2 aromatic carbocycles. The highest BCUT2D eigenvalue weighted by Gasteiger charge is 2.41. The van der Waals surface area contributed by atoms with Crippen molar-refractivity contribution >= 4 is 39.5 Å². The third-order valence-corrected chi connectivity index (χ3v) is 9.48. The summed E-state index contributed by atoms with van der Waals surface area (Å²) in [6.07, 6.45) is 3.18. The van der Waals surface area contributed by atoms with E-state index < -0.39 is 23.2 Å². The Hall–Kier alpha value is -3.06. The lowest BCUT2D eigenvalue weighted by Gasteiger charge is -2.39. The zero-order chi connectivity index (χ0) is 27.4. The first-order valence-electron chi connectivity index (χ1n) is 12.9. The van der Waals surface area contributed by atoms with Crippen LogP contribution < -0.4 is 11.1 Å². The number of hydrogen-bond acceptors (Lipinski definition) is 7. The van der Waals surface area contributed by atoms with Gasteiger partial charge in [-0.1, -0.05) is 31.2 Å². The Balaban J connectivity index is 1.92. The van der Waals surface area contributed by atoms with Crippen molar-refractivity contribution in [3.8, 4) is 0 Å². The van der Waals surface area contributed by atoms with Gasteiger partial charge in [0.25, 0.3) is 10.0 Å². The van der Waals surface area contributed by atoms with Crippen LogP contribution in [0.1, 0.15) is 43.2 Å². The number of hydrogen-bond donors (Lipinski definition) is 4. The molecule has 0 radical (unpaired) electrons. The second-order valence-corrected chi connectivity index (χ2v) is 11.9. The van der Waals surface area contributed by atoms with Gasteiger partial charge in [-0.3, -0.25) is 10.2 Å². The molecule has 2 saturated heterocycles. The van der Waals surface area contributed by atoms with E-state index in [-0.39, 0.29) is 40.8 Å². The SMILES string of the molecule is C[C@@H]1C[C@@H](c2cc3ccccc3c(CO)c2S(=O)(=O)N(CC=O)N2CCCC2CNC=O)CN(C(=N)N)C1. The fourth-order valence-corrected chi connectivity index (χ4v) is 7.95. The number of carbonyl (C=O) groups excluding carboxylic acids is 2. The molecule has 0 aliphatic carbocycles. The highest BCUT2D eigenvalue weighted by Crippen LogP contribution is 2.40. The van der Waals surface area contributed by atoms with Crippen LogP contribution in [-0.2, 0) is 26.2 Å². The fourth-order valence-electron chi connectivity index (χ4n) is 5.98. The third kappa shape index (κ3) is 5.39. The van der Waals surface area contributed by atoms with Gasteiger partial charge in [0.2, 0.25) is 6.41 Å². The molecular formula is C26H36N6O5S. The van der Waals surface area contributed by atoms with Crippen LogP contribution in [0.3, 0.4) is 0 Å². The van der Waals surface area contributed by atoms with Crippen LogP contribution >= 0.6 is 0 Å². The van der Waals surface area contributed by atoms with Crippen molar-refractivity contribution in [2.24, 2.45) is 11.7 Å². The summed E-state index contributed by atoms with van der Waals surface area (Å²) in [5.41, 5.74) is 6.66. The number of benzene rings is 2. The minimum absolute atomic E-state index is 0.00264. The van der Waals surface area contributed by atoms with E-state index in [4.69, 9.17) is 11.1 Å². The number of hydrazine groups is 1. The maximum absolute atomic E-state index is 14.6. The second kappa shape index (κ2) is 11.8. The number of sulfonamides is 1. The van der Waals surface area contributed by atoms with E-state index in [1.807, 2.05) is 25.1 Å². The third-order valence-electron chi connectivity index (χ3n) is 7.57. The maximum Gasteiger partial charge on any atom is 0.257 e. The van der Waals surface area contributed by atoms with Gasteiger partial charge >= 0.3 is 0 Å². The number of likely N-dealkylation sites (tertiary alicyclic amines) is 1. The van der Waals surface area contributed by atoms with Gasteiger partial charge in [0, 0.05) is 43.7 Å². The molecule has 206 valence electrons. The lowest BCUT2D eigenvalue weighted by Crippen LogP contribution is -2.52. The van der Waals surface area contributed by atoms with Crippen molar-refractivity contribution in [2.75, 3.05) is 32.7 Å². The molecule has 1 amide bonds. The molecule has 2 aromatic rings. The van der Waals surface area contributed by atoms with Crippen molar-refractivity contribution in [1.29, 1.82) is 5.41 Å². The number of fused-ring (bicyclic) bond motifs is 1. The first-order chi connectivity index (χ1) is 18.2. The van der Waals surface area contributed by atoms with E-state index in [2.05, 4.69) is 5.32 Å². The molecule has 1 unspecified atom stereocenters. The summed E-state index contributed by atoms with van der Waals surface area (Å²) in [6.45, 7) is 2.77. The van der Waals surface area contributed by atoms with Crippen LogP contribution in [-0.4, -0.2) is 85.3 Å². The molecule has 2 fully saturated rings. The number of nitrogens with zero attached hydrogens (tertiary/aromatic N) is 3. The Morgan fingerprint density at radius 1 is 1.29 bits per heavy atom. The Kier molecular flexibility index (Phi) is 8.66. The van der Waals surface area contributed by atoms with Crippen molar-refractivity contribution in [3.05, 3.63) is 41.5 Å². The Morgan fingerprint density at radius 2 is 2.05 bits per heavy atom. The summed E-state index contributed by atoms with van der Waals surface area (Å²) in [4.78, 5) is 24.5. The summed E-state index contributed by atoms with van der Waals surface area (Å²) in [5, 5.41) is 24.2. The average Bonchev–Trinajstić information content (AvgIpc) is 3.36. The number of piperidine rings is 1. The summed E-state index contributed by atoms with van der Waals surface area (Å²) in [7, 11) is -4.33. The summed E-state index contributed by atoms with van der Waals surface area (Å²) in [6, 6.07) is 8.89. The molecular weight excluding hydrogens is 508 g/mol. The van der Waals surface area contributed by atoms with Crippen LogP contribution in [0.25, 0.3) is 10.8 Å². The predicted octanol–water partition coefficient (Wildman–Crippen LogP) is 0.966. The van der Waals surface area contributed by atoms with E-state index in [1.165, 1.54) is 0 Å². The summed E-state index contributed by atoms with van der Waals surface area (Å²) >= 11 is 0. The van der Waals surface area contributed by atoms with Crippen molar-refractivity contribution in [1.82, 2.24) is 19.6 Å². The number of amides is 1. The normalized spacial score (nSPS) is 22.6. The van der Waals surface area contributed by atoms with Gasteiger partial charge in [-0.05, 0) is 47.6 Å². The largest absolute Gasteiger partial charge is 0.392 e. The van der Waals surface area contributed by atoms with E-state index in [1.54, 1.807) is 22.0 Å². The monoisotopic (exact) mass is 544 g/mol. The van der Waals surface area contributed by atoms with Gasteiger partial charge in [-0.15, -0.1) is 4.41 Å². The van der Waals surface area contributed by atoms with Crippen LogP contribution in [0, 0.1) is 11.3 Å². The minimum atomic E-state index is -4.33. The molecule has 2 heterocycles. The van der Waals surface area contributed by atoms with Crippen molar-refractivity contribution in [2.45, 2.75) is 49.6 Å². The lowest BCUT2D eigenvalue weighted by molar-refractivity contribution is -0.112. The average molecular weight is 545 g/mol. The minimum Gasteiger partial charge on any atom is -0.392 e. The zero-order valence-electron chi connectivity index (χ0n) is 21.5. The molecule has 2 aliphatic rings. The Labute approximate surface area is 223 Å². The molecule has 0 bridgehead atoms. The molecule has 0 saturated carbocycles. The molecule has 4 rings (SSSR count). The zero-order valence-corrected chi connectivity index (χ0v) is 22.4. The molecule has 3 atom stereocenters. The number of guanidine groups is 1. The highest BCUT2D eigenvalue weighted by atomic mass is 32.2. The molecule has 5 N–H and O–H groups in total. The molecule has 0 spiro atoms. The standard InChI is InChI=1S/C26H36N6O5S/c1-18-11-20(15-30(14-18)26(27)28)23-12-19-5-2-3-7-22(19)24(16-34)25(23)38(36,37)32(9-10-33)31-8-4-6-21(31)13-29-17-35/h2-3,5,7,10,12,17-18,20-21,34H,4,6,8-9,11,13-16H2,1H3,(H3,27,28)(H,29,35)/t18-,20-,21?/m1/s1. The topological polar surface area (TPSA) is 160 Å². The van der Waals surface area contributed by atoms with Crippen LogP contribution in [0.2, 0.25) is 0 Å². The number of carbonyl (C=O) groups is 2. The molecule has 2 aliphatic heterocycles. The van der Waals surface area contributed by atoms with Gasteiger partial charge in [0.05, 0.1) is 18.0 Å². The van der Waals surface area contributed by atoms with Gasteiger partial charge < -0.3 is 25.9 Å². The molecule has 12 heteroatoms.